The van der Waals surface area contributed by atoms with Gasteiger partial charge in [-0.1, -0.05) is 105 Å². The first-order chi connectivity index (χ1) is 21.6. The quantitative estimate of drug-likeness (QED) is 0.214. The maximum Gasteiger partial charge on any atom is 0.238 e. The molecule has 8 aromatic rings. The van der Waals surface area contributed by atoms with Crippen molar-refractivity contribution in [3.63, 3.8) is 0 Å². The summed E-state index contributed by atoms with van der Waals surface area (Å²) in [6.45, 7) is 4.68. The van der Waals surface area contributed by atoms with Gasteiger partial charge in [-0.15, -0.1) is 0 Å². The molecule has 44 heavy (non-hydrogen) atoms. The fourth-order valence-electron chi connectivity index (χ4n) is 7.03. The van der Waals surface area contributed by atoms with Crippen molar-refractivity contribution in [2.24, 2.45) is 0 Å². The van der Waals surface area contributed by atoms with Crippen molar-refractivity contribution < 1.29 is 0 Å². The zero-order valence-electron chi connectivity index (χ0n) is 24.4. The molecule has 3 aromatic heterocycles. The normalized spacial score (nSPS) is 13.4. The van der Waals surface area contributed by atoms with Crippen LogP contribution in [0.15, 0.2) is 128 Å². The third-order valence-electron chi connectivity index (χ3n) is 9.09. The Balaban J connectivity index is 1.40. The van der Waals surface area contributed by atoms with Crippen LogP contribution in [0.3, 0.4) is 0 Å². The van der Waals surface area contributed by atoms with Crippen LogP contribution >= 0.6 is 0 Å². The number of hydrogen-bond donors (Lipinski definition) is 0. The topological polar surface area (TPSA) is 56.5 Å². The first-order valence-corrected chi connectivity index (χ1v) is 14.9. The first kappa shape index (κ1) is 24.9. The summed E-state index contributed by atoms with van der Waals surface area (Å²) in [4.78, 5) is 19.7. The van der Waals surface area contributed by atoms with E-state index in [4.69, 9.17) is 15.0 Å². The summed E-state index contributed by atoms with van der Waals surface area (Å²) in [5.41, 5.74) is 8.96. The number of para-hydroxylation sites is 1. The fraction of sp³-hybridized carbons (Fsp3) is 0.0769. The smallest absolute Gasteiger partial charge is 0.238 e. The molecule has 0 saturated carbocycles. The Morgan fingerprint density at radius 1 is 0.591 bits per heavy atom. The third-order valence-corrected chi connectivity index (χ3v) is 9.09. The number of pyridine rings is 1. The highest BCUT2D eigenvalue weighted by molar-refractivity contribution is 6.13. The van der Waals surface area contributed by atoms with Crippen LogP contribution in [0.5, 0.6) is 0 Å². The number of benzene rings is 5. The number of aromatic nitrogens is 5. The molecule has 9 rings (SSSR count). The molecule has 0 radical (unpaired) electrons. The lowest BCUT2D eigenvalue weighted by molar-refractivity contribution is 0.664. The molecule has 208 valence electrons. The van der Waals surface area contributed by atoms with Crippen molar-refractivity contribution >= 4 is 32.6 Å². The molecule has 0 aliphatic heterocycles. The second kappa shape index (κ2) is 9.16. The molecule has 0 atom stereocenters. The highest BCUT2D eigenvalue weighted by Gasteiger charge is 2.39. The molecule has 5 aromatic carbocycles. The van der Waals surface area contributed by atoms with Crippen LogP contribution in [0.4, 0.5) is 0 Å². The van der Waals surface area contributed by atoms with Gasteiger partial charge in [0.1, 0.15) is 0 Å². The second-order valence-electron chi connectivity index (χ2n) is 12.0. The Morgan fingerprint density at radius 3 is 2.00 bits per heavy atom. The van der Waals surface area contributed by atoms with Crippen molar-refractivity contribution in [2.75, 3.05) is 0 Å². The van der Waals surface area contributed by atoms with Gasteiger partial charge < -0.3 is 0 Å². The lowest BCUT2D eigenvalue weighted by Crippen LogP contribution is -2.17. The zero-order valence-corrected chi connectivity index (χ0v) is 24.4. The van der Waals surface area contributed by atoms with Crippen molar-refractivity contribution in [3.05, 3.63) is 139 Å². The van der Waals surface area contributed by atoms with Gasteiger partial charge in [-0.05, 0) is 51.9 Å². The molecule has 0 fully saturated rings. The molecule has 5 nitrogen and oxygen atoms in total. The Kier molecular flexibility index (Phi) is 5.18. The molecule has 0 unspecified atom stereocenters. The first-order valence-electron chi connectivity index (χ1n) is 14.9. The molecule has 0 N–H and O–H groups in total. The van der Waals surface area contributed by atoms with Crippen LogP contribution in [-0.4, -0.2) is 24.5 Å². The molecular formula is C39H27N5. The van der Waals surface area contributed by atoms with Crippen molar-refractivity contribution in [2.45, 2.75) is 19.3 Å². The van der Waals surface area contributed by atoms with E-state index in [2.05, 4.69) is 102 Å². The summed E-state index contributed by atoms with van der Waals surface area (Å²) in [5, 5.41) is 4.71. The maximum atomic E-state index is 5.17. The van der Waals surface area contributed by atoms with Crippen LogP contribution < -0.4 is 0 Å². The van der Waals surface area contributed by atoms with E-state index in [1.165, 1.54) is 38.4 Å². The lowest BCUT2D eigenvalue weighted by atomic mass is 9.81. The van der Waals surface area contributed by atoms with Crippen molar-refractivity contribution in [3.8, 4) is 39.9 Å². The zero-order chi connectivity index (χ0) is 29.4. The van der Waals surface area contributed by atoms with Crippen molar-refractivity contribution in [1.82, 2.24) is 24.5 Å². The fourth-order valence-corrected chi connectivity index (χ4v) is 7.03. The van der Waals surface area contributed by atoms with E-state index in [1.807, 2.05) is 48.8 Å². The summed E-state index contributed by atoms with van der Waals surface area (Å²) < 4.78 is 2.26. The minimum atomic E-state index is -0.259. The largest absolute Gasteiger partial charge is 0.277 e. The maximum absolute atomic E-state index is 5.17. The predicted octanol–water partition coefficient (Wildman–Crippen LogP) is 9.16. The van der Waals surface area contributed by atoms with Crippen molar-refractivity contribution in [1.29, 1.82) is 0 Å². The molecule has 0 bridgehead atoms. The van der Waals surface area contributed by atoms with Crippen LogP contribution in [0.1, 0.15) is 25.0 Å². The monoisotopic (exact) mass is 565 g/mol. The van der Waals surface area contributed by atoms with E-state index >= 15 is 0 Å². The number of hydrogen-bond acceptors (Lipinski definition) is 4. The molecular weight excluding hydrogens is 538 g/mol. The van der Waals surface area contributed by atoms with E-state index in [9.17, 15) is 0 Å². The summed E-state index contributed by atoms with van der Waals surface area (Å²) in [6.07, 6.45) is 3.83. The molecule has 3 heterocycles. The van der Waals surface area contributed by atoms with E-state index < -0.39 is 0 Å². The Hall–Kier alpha value is -5.68. The van der Waals surface area contributed by atoms with Gasteiger partial charge in [0.05, 0.1) is 11.0 Å². The molecule has 0 amide bonds. The summed E-state index contributed by atoms with van der Waals surface area (Å²) in [6, 6.07) is 40.2. The van der Waals surface area contributed by atoms with Gasteiger partial charge in [0, 0.05) is 45.1 Å². The standard InChI is InChI=1S/C39H27N5/c1-39(2)32-22-26-19-20-40-23-27(26)21-31(32)29-17-18-30-28-15-9-10-16-33(28)44(35(30)34(29)39)38-42-36(24-11-5-3-6-12-24)41-37(43-38)25-13-7-4-8-14-25/h3-23H,1-2H3. The van der Waals surface area contributed by atoms with Crippen LogP contribution in [0.2, 0.25) is 0 Å². The van der Waals surface area contributed by atoms with E-state index in [0.717, 1.165) is 27.5 Å². The third kappa shape index (κ3) is 3.53. The molecule has 0 saturated heterocycles. The van der Waals surface area contributed by atoms with E-state index in [0.29, 0.717) is 17.6 Å². The number of fused-ring (bicyclic) bond motifs is 8. The van der Waals surface area contributed by atoms with Gasteiger partial charge in [-0.2, -0.15) is 9.97 Å². The highest BCUT2D eigenvalue weighted by Crippen LogP contribution is 2.53. The Labute approximate surface area is 254 Å². The summed E-state index contributed by atoms with van der Waals surface area (Å²) in [7, 11) is 0. The van der Waals surface area contributed by atoms with Crippen LogP contribution in [0, 0.1) is 0 Å². The van der Waals surface area contributed by atoms with E-state index in [1.54, 1.807) is 0 Å². The highest BCUT2D eigenvalue weighted by atomic mass is 15.2. The van der Waals surface area contributed by atoms with Gasteiger partial charge in [0.25, 0.3) is 0 Å². The number of rotatable bonds is 3. The summed E-state index contributed by atoms with van der Waals surface area (Å²) >= 11 is 0. The van der Waals surface area contributed by atoms with Crippen LogP contribution in [-0.2, 0) is 5.41 Å². The van der Waals surface area contributed by atoms with Gasteiger partial charge in [-0.3, -0.25) is 9.55 Å². The SMILES string of the molecule is CC1(C)c2cc3ccncc3cc2-c2ccc3c4ccccc4n(-c4nc(-c5ccccc5)nc(-c5ccccc5)n4)c3c21. The molecule has 0 spiro atoms. The minimum Gasteiger partial charge on any atom is -0.277 e. The molecule has 1 aliphatic carbocycles. The predicted molar refractivity (Wildman–Crippen MR) is 178 cm³/mol. The van der Waals surface area contributed by atoms with E-state index in [-0.39, 0.29) is 5.41 Å². The van der Waals surface area contributed by atoms with Gasteiger partial charge in [0.2, 0.25) is 5.95 Å². The second-order valence-corrected chi connectivity index (χ2v) is 12.0. The average molecular weight is 566 g/mol. The lowest BCUT2D eigenvalue weighted by Gasteiger charge is -2.23. The summed E-state index contributed by atoms with van der Waals surface area (Å²) in [5.74, 6) is 1.90. The molecule has 5 heteroatoms. The Bertz CT molecular complexity index is 2350. The van der Waals surface area contributed by atoms with Crippen LogP contribution in [0.25, 0.3) is 72.4 Å². The Morgan fingerprint density at radius 2 is 1.27 bits per heavy atom. The molecule has 1 aliphatic rings. The average Bonchev–Trinajstić information content (AvgIpc) is 3.53. The van der Waals surface area contributed by atoms with Gasteiger partial charge in [-0.25, -0.2) is 4.98 Å². The minimum absolute atomic E-state index is 0.259. The number of nitrogens with zero attached hydrogens (tertiary/aromatic N) is 5. The van der Waals surface area contributed by atoms with Gasteiger partial charge >= 0.3 is 0 Å². The van der Waals surface area contributed by atoms with Gasteiger partial charge in [0.15, 0.2) is 11.6 Å².